The molecule has 0 aromatic carbocycles. The van der Waals surface area contributed by atoms with E-state index in [4.69, 9.17) is 4.42 Å². The topological polar surface area (TPSA) is 75.3 Å². The maximum Gasteiger partial charge on any atom is 0.216 e. The van der Waals surface area contributed by atoms with Crippen LogP contribution in [-0.4, -0.2) is 29.0 Å². The van der Waals surface area contributed by atoms with Gasteiger partial charge in [-0.1, -0.05) is 6.07 Å². The van der Waals surface area contributed by atoms with E-state index in [0.29, 0.717) is 12.4 Å². The summed E-state index contributed by atoms with van der Waals surface area (Å²) < 4.78 is 5.53. The van der Waals surface area contributed by atoms with E-state index in [2.05, 4.69) is 25.6 Å². The first-order chi connectivity index (χ1) is 10.7. The van der Waals surface area contributed by atoms with Crippen molar-refractivity contribution in [2.24, 2.45) is 4.99 Å². The van der Waals surface area contributed by atoms with Gasteiger partial charge in [-0.2, -0.15) is 0 Å². The minimum Gasteiger partial charge on any atom is -0.444 e. The molecule has 0 bridgehead atoms. The van der Waals surface area contributed by atoms with Gasteiger partial charge < -0.3 is 15.1 Å². The van der Waals surface area contributed by atoms with Crippen molar-refractivity contribution in [3.05, 3.63) is 47.4 Å². The normalized spacial score (nSPS) is 11.5. The highest BCUT2D eigenvalue weighted by Gasteiger charge is 2.05. The summed E-state index contributed by atoms with van der Waals surface area (Å²) in [4.78, 5) is 13.1. The molecule has 2 aromatic rings. The molecule has 0 aliphatic heterocycles. The maximum absolute atomic E-state index is 5.53. The van der Waals surface area contributed by atoms with Crippen LogP contribution in [0.25, 0.3) is 0 Å². The lowest BCUT2D eigenvalue weighted by Crippen LogP contribution is -2.38. The van der Waals surface area contributed by atoms with Gasteiger partial charge in [0.15, 0.2) is 5.96 Å². The predicted octanol–water partition coefficient (Wildman–Crippen LogP) is 1.98. The van der Waals surface area contributed by atoms with Gasteiger partial charge >= 0.3 is 0 Å². The zero-order chi connectivity index (χ0) is 15.8. The number of nitrogens with zero attached hydrogens (tertiary/aromatic N) is 3. The van der Waals surface area contributed by atoms with E-state index < -0.39 is 0 Å². The molecule has 0 fully saturated rings. The van der Waals surface area contributed by atoms with Gasteiger partial charge in [-0.05, 0) is 32.9 Å². The average Bonchev–Trinajstić information content (AvgIpc) is 2.84. The Balaban J connectivity index is 1.87. The lowest BCUT2D eigenvalue weighted by atomic mass is 10.3. The Kier molecular flexibility index (Phi) is 5.94. The summed E-state index contributed by atoms with van der Waals surface area (Å²) >= 11 is 0. The van der Waals surface area contributed by atoms with E-state index in [9.17, 15) is 0 Å². The Morgan fingerprint density at radius 2 is 2.14 bits per heavy atom. The van der Waals surface area contributed by atoms with E-state index in [-0.39, 0.29) is 0 Å². The van der Waals surface area contributed by atoms with Crippen LogP contribution >= 0.6 is 0 Å². The molecule has 2 N–H and O–H groups in total. The highest BCUT2D eigenvalue weighted by molar-refractivity contribution is 5.79. The van der Waals surface area contributed by atoms with Gasteiger partial charge in [-0.25, -0.2) is 9.98 Å². The molecule has 0 aliphatic rings. The van der Waals surface area contributed by atoms with Gasteiger partial charge in [0.25, 0.3) is 0 Å². The molecule has 118 valence electrons. The second-order valence-corrected chi connectivity index (χ2v) is 4.94. The zero-order valence-electron chi connectivity index (χ0n) is 13.4. The van der Waals surface area contributed by atoms with Crippen molar-refractivity contribution in [1.82, 2.24) is 20.6 Å². The quantitative estimate of drug-likeness (QED) is 0.630. The fourth-order valence-electron chi connectivity index (χ4n) is 1.95. The molecule has 0 aliphatic carbocycles. The van der Waals surface area contributed by atoms with E-state index in [1.54, 1.807) is 0 Å². The lowest BCUT2D eigenvalue weighted by molar-refractivity contribution is 0.473. The number of rotatable bonds is 6. The van der Waals surface area contributed by atoms with Gasteiger partial charge in [-0.3, -0.25) is 4.98 Å². The number of nitrogens with one attached hydrogen (secondary N) is 2. The third kappa shape index (κ3) is 4.87. The summed E-state index contributed by atoms with van der Waals surface area (Å²) in [5.74, 6) is 2.24. The third-order valence-electron chi connectivity index (χ3n) is 3.19. The standard InChI is InChI=1S/C16H23N5O/c1-4-17-16(19-10-8-14-7-5-6-9-18-14)20-11-15-21-12(2)13(3)22-15/h5-7,9H,4,8,10-11H2,1-3H3,(H2,17,19,20). The van der Waals surface area contributed by atoms with Crippen LogP contribution in [0.2, 0.25) is 0 Å². The molecule has 0 saturated carbocycles. The maximum atomic E-state index is 5.53. The molecule has 0 atom stereocenters. The molecule has 0 spiro atoms. The minimum absolute atomic E-state index is 0.424. The average molecular weight is 301 g/mol. The largest absolute Gasteiger partial charge is 0.444 e. The Morgan fingerprint density at radius 3 is 2.77 bits per heavy atom. The second kappa shape index (κ2) is 8.17. The van der Waals surface area contributed by atoms with Gasteiger partial charge in [0.2, 0.25) is 5.89 Å². The molecule has 22 heavy (non-hydrogen) atoms. The zero-order valence-corrected chi connectivity index (χ0v) is 13.4. The van der Waals surface area contributed by atoms with Crippen molar-refractivity contribution in [3.63, 3.8) is 0 Å². The van der Waals surface area contributed by atoms with Crippen LogP contribution < -0.4 is 10.6 Å². The Labute approximate surface area is 131 Å². The number of pyridine rings is 1. The van der Waals surface area contributed by atoms with Crippen LogP contribution in [0.4, 0.5) is 0 Å². The number of oxazole rings is 1. The molecule has 6 heteroatoms. The molecule has 2 rings (SSSR count). The van der Waals surface area contributed by atoms with Crippen molar-refractivity contribution < 1.29 is 4.42 Å². The van der Waals surface area contributed by atoms with Crippen LogP contribution in [0.15, 0.2) is 33.8 Å². The first-order valence-corrected chi connectivity index (χ1v) is 7.54. The van der Waals surface area contributed by atoms with E-state index >= 15 is 0 Å². The summed E-state index contributed by atoms with van der Waals surface area (Å²) in [6, 6.07) is 5.93. The van der Waals surface area contributed by atoms with Crippen molar-refractivity contribution >= 4 is 5.96 Å². The molecule has 0 radical (unpaired) electrons. The van der Waals surface area contributed by atoms with Gasteiger partial charge in [0.05, 0.1) is 5.69 Å². The van der Waals surface area contributed by atoms with Crippen molar-refractivity contribution in [1.29, 1.82) is 0 Å². The Bertz CT molecular complexity index is 587. The second-order valence-electron chi connectivity index (χ2n) is 4.94. The molecule has 0 unspecified atom stereocenters. The van der Waals surface area contributed by atoms with Gasteiger partial charge in [0.1, 0.15) is 12.3 Å². The lowest BCUT2D eigenvalue weighted by Gasteiger charge is -2.10. The van der Waals surface area contributed by atoms with Crippen molar-refractivity contribution in [2.45, 2.75) is 33.7 Å². The highest BCUT2D eigenvalue weighted by atomic mass is 16.4. The number of hydrogen-bond acceptors (Lipinski definition) is 4. The summed E-state index contributed by atoms with van der Waals surface area (Å²) in [6.07, 6.45) is 2.66. The Morgan fingerprint density at radius 1 is 1.27 bits per heavy atom. The fourth-order valence-corrected chi connectivity index (χ4v) is 1.95. The first-order valence-electron chi connectivity index (χ1n) is 7.54. The molecular weight excluding hydrogens is 278 g/mol. The molecule has 6 nitrogen and oxygen atoms in total. The molecule has 2 heterocycles. The molecular formula is C16H23N5O. The van der Waals surface area contributed by atoms with Crippen LogP contribution in [0.3, 0.4) is 0 Å². The first kappa shape index (κ1) is 16.0. The molecule has 0 saturated heterocycles. The smallest absolute Gasteiger partial charge is 0.216 e. The number of aromatic nitrogens is 2. The summed E-state index contributed by atoms with van der Waals surface area (Å²) in [5.41, 5.74) is 1.98. The number of hydrogen-bond donors (Lipinski definition) is 2. The van der Waals surface area contributed by atoms with E-state index in [1.807, 2.05) is 45.2 Å². The summed E-state index contributed by atoms with van der Waals surface area (Å²) in [6.45, 7) is 7.88. The van der Waals surface area contributed by atoms with Gasteiger partial charge in [-0.15, -0.1) is 0 Å². The van der Waals surface area contributed by atoms with E-state index in [0.717, 1.165) is 42.6 Å². The summed E-state index contributed by atoms with van der Waals surface area (Å²) in [7, 11) is 0. The summed E-state index contributed by atoms with van der Waals surface area (Å²) in [5, 5.41) is 6.50. The van der Waals surface area contributed by atoms with Crippen LogP contribution in [0.1, 0.15) is 30.0 Å². The van der Waals surface area contributed by atoms with Crippen molar-refractivity contribution in [3.8, 4) is 0 Å². The van der Waals surface area contributed by atoms with Crippen LogP contribution in [0.5, 0.6) is 0 Å². The predicted molar refractivity (Wildman–Crippen MR) is 86.7 cm³/mol. The number of guanidine groups is 1. The van der Waals surface area contributed by atoms with Crippen molar-refractivity contribution in [2.75, 3.05) is 13.1 Å². The number of aryl methyl sites for hydroxylation is 2. The third-order valence-corrected chi connectivity index (χ3v) is 3.19. The van der Waals surface area contributed by atoms with Crippen LogP contribution in [0, 0.1) is 13.8 Å². The highest BCUT2D eigenvalue weighted by Crippen LogP contribution is 2.08. The Hall–Kier alpha value is -2.37. The SMILES string of the molecule is CCNC(=NCc1nc(C)c(C)o1)NCCc1ccccn1. The van der Waals surface area contributed by atoms with E-state index in [1.165, 1.54) is 0 Å². The number of aliphatic imine (C=N–C) groups is 1. The molecule has 2 aromatic heterocycles. The van der Waals surface area contributed by atoms with Gasteiger partial charge in [0, 0.05) is 31.4 Å². The fraction of sp³-hybridized carbons (Fsp3) is 0.438. The molecule has 0 amide bonds. The monoisotopic (exact) mass is 301 g/mol. The van der Waals surface area contributed by atoms with Crippen LogP contribution in [-0.2, 0) is 13.0 Å². The minimum atomic E-state index is 0.424.